The Morgan fingerprint density at radius 1 is 1.33 bits per heavy atom. The van der Waals surface area contributed by atoms with Gasteiger partial charge in [-0.2, -0.15) is 8.42 Å². The van der Waals surface area contributed by atoms with Crippen molar-refractivity contribution in [1.82, 2.24) is 4.31 Å². The summed E-state index contributed by atoms with van der Waals surface area (Å²) in [5.41, 5.74) is 2.21. The zero-order chi connectivity index (χ0) is 15.6. The van der Waals surface area contributed by atoms with Crippen LogP contribution in [0.4, 0.5) is 0 Å². The number of esters is 1. The van der Waals surface area contributed by atoms with E-state index >= 15 is 0 Å². The lowest BCUT2D eigenvalue weighted by molar-refractivity contribution is -0.139. The van der Waals surface area contributed by atoms with Crippen molar-refractivity contribution in [2.45, 2.75) is 20.5 Å². The summed E-state index contributed by atoms with van der Waals surface area (Å²) in [6.07, 6.45) is 1.22. The molecule has 1 aliphatic rings. The summed E-state index contributed by atoms with van der Waals surface area (Å²) in [4.78, 5) is 12.0. The summed E-state index contributed by atoms with van der Waals surface area (Å²) in [7, 11) is -2.39. The number of benzene rings is 1. The summed E-state index contributed by atoms with van der Waals surface area (Å²) in [6, 6.07) is 7.60. The number of carbonyl (C=O) groups is 1. The molecule has 0 bridgehead atoms. The quantitative estimate of drug-likeness (QED) is 0.794. The first-order valence-electron chi connectivity index (χ1n) is 6.29. The van der Waals surface area contributed by atoms with Crippen molar-refractivity contribution < 1.29 is 17.9 Å². The van der Waals surface area contributed by atoms with Crippen LogP contribution in [0.3, 0.4) is 0 Å². The molecule has 0 saturated carbocycles. The Morgan fingerprint density at radius 2 is 2.05 bits per heavy atom. The molecule has 0 radical (unpaired) electrons. The van der Waals surface area contributed by atoms with Crippen molar-refractivity contribution in [3.8, 4) is 0 Å². The highest BCUT2D eigenvalue weighted by molar-refractivity contribution is 7.88. The van der Waals surface area contributed by atoms with Gasteiger partial charge in [-0.25, -0.2) is 4.79 Å². The standard InChI is InChI=1S/C14H16N2O4S/c1-10-5-4-6-12(7-10)9-20-14(17)13-8-16(3)21(18,19)15-11(13)2/h4-8H,9H2,1-3H3. The van der Waals surface area contributed by atoms with E-state index in [0.717, 1.165) is 15.4 Å². The second-order valence-corrected chi connectivity index (χ2v) is 6.43. The molecule has 112 valence electrons. The van der Waals surface area contributed by atoms with E-state index in [2.05, 4.69) is 4.40 Å². The van der Waals surface area contributed by atoms with E-state index in [4.69, 9.17) is 4.74 Å². The van der Waals surface area contributed by atoms with Crippen LogP contribution in [0, 0.1) is 6.92 Å². The lowest BCUT2D eigenvalue weighted by Crippen LogP contribution is -2.29. The maximum absolute atomic E-state index is 12.0. The van der Waals surface area contributed by atoms with E-state index in [0.29, 0.717) is 0 Å². The molecule has 1 heterocycles. The lowest BCUT2D eigenvalue weighted by Gasteiger charge is -2.19. The topological polar surface area (TPSA) is 76.0 Å². The number of hydrogen-bond donors (Lipinski definition) is 0. The Labute approximate surface area is 123 Å². The molecule has 0 aliphatic carbocycles. The fourth-order valence-electron chi connectivity index (χ4n) is 1.86. The fraction of sp³-hybridized carbons (Fsp3) is 0.286. The van der Waals surface area contributed by atoms with Crippen LogP contribution in [-0.4, -0.2) is 31.5 Å². The Kier molecular flexibility index (Phi) is 4.13. The molecule has 7 heteroatoms. The minimum Gasteiger partial charge on any atom is -0.457 e. The van der Waals surface area contributed by atoms with Crippen LogP contribution >= 0.6 is 0 Å². The maximum atomic E-state index is 12.0. The summed E-state index contributed by atoms with van der Waals surface area (Å²) in [5, 5.41) is 0. The predicted molar refractivity (Wildman–Crippen MR) is 78.8 cm³/mol. The molecule has 6 nitrogen and oxygen atoms in total. The molecule has 0 spiro atoms. The van der Waals surface area contributed by atoms with Crippen LogP contribution in [0.1, 0.15) is 18.1 Å². The highest BCUT2D eigenvalue weighted by atomic mass is 32.2. The molecule has 0 N–H and O–H groups in total. The number of hydrogen-bond acceptors (Lipinski definition) is 4. The lowest BCUT2D eigenvalue weighted by atomic mass is 10.1. The van der Waals surface area contributed by atoms with Crippen molar-refractivity contribution >= 4 is 21.9 Å². The van der Waals surface area contributed by atoms with Gasteiger partial charge in [0.25, 0.3) is 0 Å². The van der Waals surface area contributed by atoms with Crippen LogP contribution in [0.25, 0.3) is 0 Å². The molecule has 0 atom stereocenters. The van der Waals surface area contributed by atoms with E-state index in [1.807, 2.05) is 31.2 Å². The summed E-state index contributed by atoms with van der Waals surface area (Å²) < 4.78 is 32.6. The molecule has 1 aliphatic heterocycles. The highest BCUT2D eigenvalue weighted by Crippen LogP contribution is 2.16. The molecule has 1 aromatic carbocycles. The number of nitrogens with zero attached hydrogens (tertiary/aromatic N) is 2. The molecule has 2 rings (SSSR count). The minimum absolute atomic E-state index is 0.127. The first-order chi connectivity index (χ1) is 9.79. The average Bonchev–Trinajstić information content (AvgIpc) is 2.40. The smallest absolute Gasteiger partial charge is 0.344 e. The second kappa shape index (κ2) is 5.69. The molecule has 0 fully saturated rings. The third-order valence-corrected chi connectivity index (χ3v) is 4.33. The van der Waals surface area contributed by atoms with Crippen molar-refractivity contribution in [3.63, 3.8) is 0 Å². The summed E-state index contributed by atoms with van der Waals surface area (Å²) in [6.45, 7) is 3.54. The number of ether oxygens (including phenoxy) is 1. The monoisotopic (exact) mass is 308 g/mol. The van der Waals surface area contributed by atoms with Gasteiger partial charge in [0.1, 0.15) is 6.61 Å². The second-order valence-electron chi connectivity index (χ2n) is 4.78. The van der Waals surface area contributed by atoms with Crippen molar-refractivity contribution in [3.05, 3.63) is 47.2 Å². The number of rotatable bonds is 3. The van der Waals surface area contributed by atoms with Gasteiger partial charge in [0, 0.05) is 13.2 Å². The van der Waals surface area contributed by atoms with E-state index in [-0.39, 0.29) is 17.9 Å². The fourth-order valence-corrected chi connectivity index (χ4v) is 2.67. The zero-order valence-corrected chi connectivity index (χ0v) is 12.8. The van der Waals surface area contributed by atoms with Crippen molar-refractivity contribution in [2.24, 2.45) is 4.40 Å². The molecule has 0 amide bonds. The van der Waals surface area contributed by atoms with Crippen molar-refractivity contribution in [2.75, 3.05) is 7.05 Å². The first-order valence-corrected chi connectivity index (χ1v) is 7.68. The molecular weight excluding hydrogens is 292 g/mol. The van der Waals surface area contributed by atoms with Gasteiger partial charge in [-0.15, -0.1) is 4.40 Å². The van der Waals surface area contributed by atoms with E-state index in [9.17, 15) is 13.2 Å². The normalized spacial score (nSPS) is 17.0. The summed E-state index contributed by atoms with van der Waals surface area (Å²) in [5.74, 6) is -0.598. The van der Waals surface area contributed by atoms with Gasteiger partial charge in [-0.05, 0) is 19.4 Å². The summed E-state index contributed by atoms with van der Waals surface area (Å²) >= 11 is 0. The molecule has 0 aromatic heterocycles. The van der Waals surface area contributed by atoms with E-state index in [1.54, 1.807) is 0 Å². The van der Waals surface area contributed by atoms with Gasteiger partial charge in [0.2, 0.25) is 0 Å². The van der Waals surface area contributed by atoms with Gasteiger partial charge in [-0.1, -0.05) is 29.8 Å². The van der Waals surface area contributed by atoms with Crippen LogP contribution in [0.2, 0.25) is 0 Å². The first kappa shape index (κ1) is 15.2. The third kappa shape index (κ3) is 3.49. The van der Waals surface area contributed by atoms with Crippen LogP contribution in [0.15, 0.2) is 40.4 Å². The largest absolute Gasteiger partial charge is 0.457 e. The highest BCUT2D eigenvalue weighted by Gasteiger charge is 2.26. The maximum Gasteiger partial charge on any atom is 0.344 e. The van der Waals surface area contributed by atoms with Gasteiger partial charge in [0.15, 0.2) is 0 Å². The minimum atomic E-state index is -3.71. The molecule has 0 unspecified atom stereocenters. The van der Waals surface area contributed by atoms with Gasteiger partial charge in [-0.3, -0.25) is 4.31 Å². The Hall–Kier alpha value is -2.15. The molecular formula is C14H16N2O4S. The van der Waals surface area contributed by atoms with E-state index < -0.39 is 16.2 Å². The van der Waals surface area contributed by atoms with Crippen LogP contribution < -0.4 is 0 Å². The molecule has 21 heavy (non-hydrogen) atoms. The Bertz CT molecular complexity index is 735. The number of aryl methyl sites for hydroxylation is 1. The SMILES string of the molecule is CC1=NS(=O)(=O)N(C)C=C1C(=O)OCc1cccc(C)c1. The molecule has 1 aromatic rings. The third-order valence-electron chi connectivity index (χ3n) is 2.99. The average molecular weight is 308 g/mol. The Balaban J connectivity index is 2.09. The van der Waals surface area contributed by atoms with Crippen LogP contribution in [0.5, 0.6) is 0 Å². The number of carbonyl (C=O) groups excluding carboxylic acids is 1. The van der Waals surface area contributed by atoms with Gasteiger partial charge in [0.05, 0.1) is 11.3 Å². The van der Waals surface area contributed by atoms with Gasteiger partial charge >= 0.3 is 16.2 Å². The zero-order valence-electron chi connectivity index (χ0n) is 12.0. The van der Waals surface area contributed by atoms with Crippen molar-refractivity contribution in [1.29, 1.82) is 0 Å². The van der Waals surface area contributed by atoms with Crippen LogP contribution in [-0.2, 0) is 26.3 Å². The Morgan fingerprint density at radius 3 is 2.71 bits per heavy atom. The molecule has 0 saturated heterocycles. The van der Waals surface area contributed by atoms with Gasteiger partial charge < -0.3 is 4.74 Å². The van der Waals surface area contributed by atoms with E-state index in [1.165, 1.54) is 20.2 Å². The predicted octanol–water partition coefficient (Wildman–Crippen LogP) is 1.57.